The third kappa shape index (κ3) is 3.23. The summed E-state index contributed by atoms with van der Waals surface area (Å²) >= 11 is 5.89. The molecule has 5 heteroatoms. The molecule has 0 saturated heterocycles. The van der Waals surface area contributed by atoms with E-state index < -0.39 is 4.92 Å². The lowest BCUT2D eigenvalue weighted by molar-refractivity contribution is -0.385. The molecule has 2 aromatic rings. The third-order valence-corrected chi connectivity index (χ3v) is 2.96. The Hall–Kier alpha value is -2.07. The first-order valence-electron chi connectivity index (χ1n) is 5.69. The summed E-state index contributed by atoms with van der Waals surface area (Å²) in [7, 11) is 0. The molecule has 0 fully saturated rings. The van der Waals surface area contributed by atoms with Gasteiger partial charge in [0.15, 0.2) is 0 Å². The molecule has 0 atom stereocenters. The van der Waals surface area contributed by atoms with Crippen molar-refractivity contribution in [1.29, 1.82) is 0 Å². The SMILES string of the molecule is Cc1ccc(Cl)cc1OCc1ccccc1[N+](=O)[O-]. The minimum Gasteiger partial charge on any atom is -0.488 e. The molecular weight excluding hydrogens is 266 g/mol. The molecule has 0 aliphatic heterocycles. The molecule has 19 heavy (non-hydrogen) atoms. The molecule has 4 nitrogen and oxygen atoms in total. The molecule has 0 spiro atoms. The van der Waals surface area contributed by atoms with Gasteiger partial charge in [-0.3, -0.25) is 10.1 Å². The molecule has 0 unspecified atom stereocenters. The number of nitro groups is 1. The van der Waals surface area contributed by atoms with Crippen LogP contribution in [0.2, 0.25) is 5.02 Å². The van der Waals surface area contributed by atoms with Crippen LogP contribution in [0.25, 0.3) is 0 Å². The Morgan fingerprint density at radius 2 is 2.00 bits per heavy atom. The first kappa shape index (κ1) is 13.4. The second kappa shape index (κ2) is 5.71. The van der Waals surface area contributed by atoms with Crippen LogP contribution in [0, 0.1) is 17.0 Å². The van der Waals surface area contributed by atoms with Gasteiger partial charge in [0.2, 0.25) is 0 Å². The summed E-state index contributed by atoms with van der Waals surface area (Å²) < 4.78 is 5.61. The molecule has 0 radical (unpaired) electrons. The van der Waals surface area contributed by atoms with Gasteiger partial charge in [0.1, 0.15) is 12.4 Å². The molecule has 0 saturated carbocycles. The summed E-state index contributed by atoms with van der Waals surface area (Å²) in [6.45, 7) is 2.03. The quantitative estimate of drug-likeness (QED) is 0.623. The van der Waals surface area contributed by atoms with E-state index in [0.29, 0.717) is 16.3 Å². The first-order chi connectivity index (χ1) is 9.08. The minimum absolute atomic E-state index is 0.0576. The van der Waals surface area contributed by atoms with Crippen molar-refractivity contribution in [2.24, 2.45) is 0 Å². The van der Waals surface area contributed by atoms with Crippen LogP contribution in [0.1, 0.15) is 11.1 Å². The molecule has 2 aromatic carbocycles. The topological polar surface area (TPSA) is 52.4 Å². The highest BCUT2D eigenvalue weighted by Crippen LogP contribution is 2.25. The van der Waals surface area contributed by atoms with Gasteiger partial charge in [-0.2, -0.15) is 0 Å². The largest absolute Gasteiger partial charge is 0.488 e. The molecular formula is C14H12ClNO3. The van der Waals surface area contributed by atoms with Crippen LogP contribution in [-0.2, 0) is 6.61 Å². The molecule has 0 aliphatic carbocycles. The van der Waals surface area contributed by atoms with Gasteiger partial charge in [0.25, 0.3) is 5.69 Å². The highest BCUT2D eigenvalue weighted by atomic mass is 35.5. The number of rotatable bonds is 4. The molecule has 2 rings (SSSR count). The Balaban J connectivity index is 2.19. The predicted molar refractivity (Wildman–Crippen MR) is 73.6 cm³/mol. The number of aryl methyl sites for hydroxylation is 1. The van der Waals surface area contributed by atoms with Crippen molar-refractivity contribution in [1.82, 2.24) is 0 Å². The molecule has 0 aliphatic rings. The van der Waals surface area contributed by atoms with E-state index in [1.165, 1.54) is 6.07 Å². The average molecular weight is 278 g/mol. The van der Waals surface area contributed by atoms with Crippen LogP contribution in [0.3, 0.4) is 0 Å². The van der Waals surface area contributed by atoms with Gasteiger partial charge in [-0.1, -0.05) is 29.8 Å². The van der Waals surface area contributed by atoms with E-state index in [1.807, 2.05) is 13.0 Å². The molecule has 0 N–H and O–H groups in total. The lowest BCUT2D eigenvalue weighted by Crippen LogP contribution is -2.01. The van der Waals surface area contributed by atoms with E-state index >= 15 is 0 Å². The van der Waals surface area contributed by atoms with Gasteiger partial charge in [0.05, 0.1) is 10.5 Å². The second-order valence-electron chi connectivity index (χ2n) is 4.08. The van der Waals surface area contributed by atoms with Gasteiger partial charge in [-0.05, 0) is 30.7 Å². The van der Waals surface area contributed by atoms with Crippen molar-refractivity contribution in [3.8, 4) is 5.75 Å². The van der Waals surface area contributed by atoms with E-state index in [4.69, 9.17) is 16.3 Å². The number of hydrogen-bond acceptors (Lipinski definition) is 3. The lowest BCUT2D eigenvalue weighted by atomic mass is 10.2. The maximum atomic E-state index is 10.9. The van der Waals surface area contributed by atoms with E-state index in [9.17, 15) is 10.1 Å². The smallest absolute Gasteiger partial charge is 0.276 e. The highest BCUT2D eigenvalue weighted by molar-refractivity contribution is 6.30. The van der Waals surface area contributed by atoms with Crippen molar-refractivity contribution < 1.29 is 9.66 Å². The zero-order valence-electron chi connectivity index (χ0n) is 10.3. The van der Waals surface area contributed by atoms with Gasteiger partial charge in [0, 0.05) is 11.1 Å². The number of benzene rings is 2. The summed E-state index contributed by atoms with van der Waals surface area (Å²) in [4.78, 5) is 10.5. The molecule has 0 aromatic heterocycles. The third-order valence-electron chi connectivity index (χ3n) is 2.72. The fourth-order valence-corrected chi connectivity index (χ4v) is 1.86. The predicted octanol–water partition coefficient (Wildman–Crippen LogP) is 4.14. The first-order valence-corrected chi connectivity index (χ1v) is 6.07. The fraction of sp³-hybridized carbons (Fsp3) is 0.143. The Kier molecular flexibility index (Phi) is 4.02. The normalized spacial score (nSPS) is 10.2. The summed E-state index contributed by atoms with van der Waals surface area (Å²) in [6, 6.07) is 11.8. The van der Waals surface area contributed by atoms with E-state index in [2.05, 4.69) is 0 Å². The standard InChI is InChI=1S/C14H12ClNO3/c1-10-6-7-12(15)8-14(10)19-9-11-4-2-3-5-13(11)16(17)18/h2-8H,9H2,1H3. The van der Waals surface area contributed by atoms with E-state index in [-0.39, 0.29) is 12.3 Å². The molecule has 0 heterocycles. The van der Waals surface area contributed by atoms with Crippen molar-refractivity contribution in [2.45, 2.75) is 13.5 Å². The molecule has 0 amide bonds. The van der Waals surface area contributed by atoms with Crippen LogP contribution in [0.4, 0.5) is 5.69 Å². The maximum absolute atomic E-state index is 10.9. The van der Waals surface area contributed by atoms with Crippen LogP contribution in [0.5, 0.6) is 5.75 Å². The van der Waals surface area contributed by atoms with Gasteiger partial charge in [-0.25, -0.2) is 0 Å². The van der Waals surface area contributed by atoms with Gasteiger partial charge >= 0.3 is 0 Å². The van der Waals surface area contributed by atoms with Crippen molar-refractivity contribution >= 4 is 17.3 Å². The lowest BCUT2D eigenvalue weighted by Gasteiger charge is -2.09. The Labute approximate surface area is 115 Å². The maximum Gasteiger partial charge on any atom is 0.276 e. The number of hydrogen-bond donors (Lipinski definition) is 0. The summed E-state index contributed by atoms with van der Waals surface area (Å²) in [5, 5.41) is 11.5. The second-order valence-corrected chi connectivity index (χ2v) is 4.52. The Morgan fingerprint density at radius 3 is 2.74 bits per heavy atom. The summed E-state index contributed by atoms with van der Waals surface area (Å²) in [5.74, 6) is 0.630. The van der Waals surface area contributed by atoms with Crippen molar-refractivity contribution in [3.63, 3.8) is 0 Å². The Morgan fingerprint density at radius 1 is 1.26 bits per heavy atom. The van der Waals surface area contributed by atoms with E-state index in [1.54, 1.807) is 30.3 Å². The van der Waals surface area contributed by atoms with Crippen LogP contribution in [-0.4, -0.2) is 4.92 Å². The number of nitrogens with zero attached hydrogens (tertiary/aromatic N) is 1. The van der Waals surface area contributed by atoms with Crippen molar-refractivity contribution in [3.05, 3.63) is 68.7 Å². The minimum atomic E-state index is -0.413. The number of para-hydroxylation sites is 1. The average Bonchev–Trinajstić information content (AvgIpc) is 2.40. The monoisotopic (exact) mass is 277 g/mol. The number of halogens is 1. The number of nitro benzene ring substituents is 1. The summed E-state index contributed by atoms with van der Waals surface area (Å²) in [6.07, 6.45) is 0. The highest BCUT2D eigenvalue weighted by Gasteiger charge is 2.13. The Bertz CT molecular complexity index is 613. The fourth-order valence-electron chi connectivity index (χ4n) is 1.70. The van der Waals surface area contributed by atoms with E-state index in [0.717, 1.165) is 5.56 Å². The van der Waals surface area contributed by atoms with Crippen LogP contribution < -0.4 is 4.74 Å². The number of ether oxygens (including phenoxy) is 1. The molecule has 98 valence electrons. The molecule has 0 bridgehead atoms. The van der Waals surface area contributed by atoms with Crippen LogP contribution in [0.15, 0.2) is 42.5 Å². The van der Waals surface area contributed by atoms with Gasteiger partial charge in [-0.15, -0.1) is 0 Å². The zero-order chi connectivity index (χ0) is 13.8. The van der Waals surface area contributed by atoms with Crippen LogP contribution >= 0.6 is 11.6 Å². The summed E-state index contributed by atoms with van der Waals surface area (Å²) in [5.41, 5.74) is 1.53. The zero-order valence-corrected chi connectivity index (χ0v) is 11.1. The van der Waals surface area contributed by atoms with Gasteiger partial charge < -0.3 is 4.74 Å². The van der Waals surface area contributed by atoms with Crippen molar-refractivity contribution in [2.75, 3.05) is 0 Å².